The topological polar surface area (TPSA) is 34.1 Å². The Hall–Kier alpha value is -1.58. The highest BCUT2D eigenvalue weighted by Gasteiger charge is 2.20. The maximum atomic E-state index is 6.25. The first-order chi connectivity index (χ1) is 10.3. The number of pyridine rings is 1. The van der Waals surface area contributed by atoms with Crippen molar-refractivity contribution in [3.05, 3.63) is 58.4 Å². The summed E-state index contributed by atoms with van der Waals surface area (Å²) in [6.07, 6.45) is 5.51. The number of fused-ring (bicyclic) bond motifs is 1. The summed E-state index contributed by atoms with van der Waals surface area (Å²) in [5.41, 5.74) is 3.58. The molecule has 4 heteroatoms. The van der Waals surface area contributed by atoms with Crippen LogP contribution in [0.3, 0.4) is 0 Å². The molecular formula is C17H19ClN2O. The number of nitrogens with one attached hydrogen (secondary N) is 1. The van der Waals surface area contributed by atoms with Crippen LogP contribution in [0.1, 0.15) is 29.7 Å². The summed E-state index contributed by atoms with van der Waals surface area (Å²) in [5.74, 6) is 1.02. The molecule has 0 fully saturated rings. The van der Waals surface area contributed by atoms with Crippen LogP contribution in [-0.2, 0) is 12.8 Å². The van der Waals surface area contributed by atoms with E-state index in [-0.39, 0.29) is 6.04 Å². The Morgan fingerprint density at radius 3 is 3.10 bits per heavy atom. The minimum absolute atomic E-state index is 0.218. The number of halogens is 1. The van der Waals surface area contributed by atoms with Crippen molar-refractivity contribution in [1.29, 1.82) is 0 Å². The molecule has 0 amide bonds. The Kier molecular flexibility index (Phi) is 4.42. The highest BCUT2D eigenvalue weighted by atomic mass is 35.5. The number of ether oxygens (including phenoxy) is 1. The zero-order chi connectivity index (χ0) is 14.7. The summed E-state index contributed by atoms with van der Waals surface area (Å²) < 4.78 is 5.80. The van der Waals surface area contributed by atoms with Gasteiger partial charge in [-0.3, -0.25) is 4.98 Å². The molecule has 110 valence electrons. The van der Waals surface area contributed by atoms with Crippen molar-refractivity contribution in [3.8, 4) is 5.75 Å². The fourth-order valence-electron chi connectivity index (χ4n) is 2.85. The van der Waals surface area contributed by atoms with E-state index in [1.807, 2.05) is 24.4 Å². The fourth-order valence-corrected chi connectivity index (χ4v) is 3.12. The lowest BCUT2D eigenvalue weighted by Crippen LogP contribution is -2.23. The van der Waals surface area contributed by atoms with Crippen LogP contribution in [0.2, 0.25) is 5.02 Å². The van der Waals surface area contributed by atoms with Crippen molar-refractivity contribution in [3.63, 3.8) is 0 Å². The lowest BCUT2D eigenvalue weighted by molar-refractivity contribution is 0.351. The summed E-state index contributed by atoms with van der Waals surface area (Å²) >= 11 is 6.25. The Balaban J connectivity index is 1.90. The summed E-state index contributed by atoms with van der Waals surface area (Å²) in [6.45, 7) is 3.77. The highest BCUT2D eigenvalue weighted by molar-refractivity contribution is 6.30. The van der Waals surface area contributed by atoms with Crippen molar-refractivity contribution in [1.82, 2.24) is 10.3 Å². The molecule has 1 aromatic carbocycles. The molecule has 2 aromatic rings. The largest absolute Gasteiger partial charge is 0.493 e. The SMILES string of the molecule is CCNC(Cc1cc(Cl)cc2c1OCC2)c1cccnc1. The molecule has 21 heavy (non-hydrogen) atoms. The minimum atomic E-state index is 0.218. The maximum absolute atomic E-state index is 6.25. The Labute approximate surface area is 130 Å². The summed E-state index contributed by atoms with van der Waals surface area (Å²) in [6, 6.07) is 8.33. The molecule has 1 aliphatic heterocycles. The number of aromatic nitrogens is 1. The third-order valence-corrected chi connectivity index (χ3v) is 4.00. The average molecular weight is 303 g/mol. The molecule has 2 heterocycles. The van der Waals surface area contributed by atoms with Gasteiger partial charge < -0.3 is 10.1 Å². The van der Waals surface area contributed by atoms with Crippen LogP contribution >= 0.6 is 11.6 Å². The van der Waals surface area contributed by atoms with E-state index in [1.165, 1.54) is 16.7 Å². The van der Waals surface area contributed by atoms with Gasteiger partial charge in [-0.2, -0.15) is 0 Å². The van der Waals surface area contributed by atoms with E-state index >= 15 is 0 Å². The van der Waals surface area contributed by atoms with E-state index in [0.717, 1.165) is 36.8 Å². The van der Waals surface area contributed by atoms with Gasteiger partial charge in [-0.25, -0.2) is 0 Å². The molecule has 0 aliphatic carbocycles. The first-order valence-electron chi connectivity index (χ1n) is 7.35. The van der Waals surface area contributed by atoms with Crippen molar-refractivity contribution in [2.75, 3.05) is 13.2 Å². The van der Waals surface area contributed by atoms with Gasteiger partial charge in [-0.05, 0) is 47.9 Å². The third-order valence-electron chi connectivity index (χ3n) is 3.79. The van der Waals surface area contributed by atoms with Gasteiger partial charge in [-0.15, -0.1) is 0 Å². The number of benzene rings is 1. The Bertz CT molecular complexity index is 616. The Morgan fingerprint density at radius 1 is 1.43 bits per heavy atom. The zero-order valence-corrected chi connectivity index (χ0v) is 12.9. The fraction of sp³-hybridized carbons (Fsp3) is 0.353. The number of hydrogen-bond donors (Lipinski definition) is 1. The second-order valence-electron chi connectivity index (χ2n) is 5.25. The second kappa shape index (κ2) is 6.46. The number of hydrogen-bond acceptors (Lipinski definition) is 3. The van der Waals surface area contributed by atoms with Crippen molar-refractivity contribution < 1.29 is 4.74 Å². The van der Waals surface area contributed by atoms with E-state index in [0.29, 0.717) is 0 Å². The van der Waals surface area contributed by atoms with Gasteiger partial charge in [0.05, 0.1) is 6.61 Å². The van der Waals surface area contributed by atoms with Crippen molar-refractivity contribution >= 4 is 11.6 Å². The van der Waals surface area contributed by atoms with Gasteiger partial charge in [-0.1, -0.05) is 24.6 Å². The third kappa shape index (κ3) is 3.20. The first-order valence-corrected chi connectivity index (χ1v) is 7.73. The van der Waals surface area contributed by atoms with Gasteiger partial charge >= 0.3 is 0 Å². The molecule has 3 rings (SSSR count). The summed E-state index contributed by atoms with van der Waals surface area (Å²) in [5, 5.41) is 4.31. The molecule has 0 saturated carbocycles. The first kappa shape index (κ1) is 14.4. The van der Waals surface area contributed by atoms with Gasteiger partial charge in [0.15, 0.2) is 0 Å². The van der Waals surface area contributed by atoms with E-state index in [4.69, 9.17) is 16.3 Å². The molecule has 1 unspecified atom stereocenters. The van der Waals surface area contributed by atoms with Gasteiger partial charge in [0, 0.05) is 29.9 Å². The van der Waals surface area contributed by atoms with E-state index in [1.54, 1.807) is 6.20 Å². The molecule has 1 aliphatic rings. The van der Waals surface area contributed by atoms with E-state index in [2.05, 4.69) is 23.3 Å². The van der Waals surface area contributed by atoms with Crippen LogP contribution in [0.5, 0.6) is 5.75 Å². The predicted octanol–water partition coefficient (Wildman–Crippen LogP) is 3.56. The minimum Gasteiger partial charge on any atom is -0.493 e. The summed E-state index contributed by atoms with van der Waals surface area (Å²) in [7, 11) is 0. The molecule has 3 nitrogen and oxygen atoms in total. The zero-order valence-electron chi connectivity index (χ0n) is 12.1. The molecule has 0 radical (unpaired) electrons. The molecule has 0 saturated heterocycles. The summed E-state index contributed by atoms with van der Waals surface area (Å²) in [4.78, 5) is 4.22. The lowest BCUT2D eigenvalue weighted by Gasteiger charge is -2.19. The van der Waals surface area contributed by atoms with Crippen LogP contribution in [0.25, 0.3) is 0 Å². The predicted molar refractivity (Wildman–Crippen MR) is 85.0 cm³/mol. The van der Waals surface area contributed by atoms with Crippen molar-refractivity contribution in [2.24, 2.45) is 0 Å². The van der Waals surface area contributed by atoms with Gasteiger partial charge in [0.25, 0.3) is 0 Å². The smallest absolute Gasteiger partial charge is 0.125 e. The van der Waals surface area contributed by atoms with Crippen LogP contribution < -0.4 is 10.1 Å². The molecule has 0 spiro atoms. The quantitative estimate of drug-likeness (QED) is 0.917. The lowest BCUT2D eigenvalue weighted by atomic mass is 9.97. The maximum Gasteiger partial charge on any atom is 0.125 e. The average Bonchev–Trinajstić information content (AvgIpc) is 2.96. The van der Waals surface area contributed by atoms with Gasteiger partial charge in [0.2, 0.25) is 0 Å². The molecule has 1 atom stereocenters. The molecule has 1 aromatic heterocycles. The standard InChI is InChI=1S/C17H19ClN2O/c1-2-20-16(13-4-3-6-19-11-13)10-14-9-15(18)8-12-5-7-21-17(12)14/h3-4,6,8-9,11,16,20H,2,5,7,10H2,1H3. The number of rotatable bonds is 5. The normalized spacial score (nSPS) is 14.6. The molecule has 0 bridgehead atoms. The second-order valence-corrected chi connectivity index (χ2v) is 5.69. The number of likely N-dealkylation sites (N-methyl/N-ethyl adjacent to an activating group) is 1. The monoisotopic (exact) mass is 302 g/mol. The van der Waals surface area contributed by atoms with Crippen LogP contribution in [0.15, 0.2) is 36.7 Å². The molecule has 1 N–H and O–H groups in total. The highest BCUT2D eigenvalue weighted by Crippen LogP contribution is 2.35. The van der Waals surface area contributed by atoms with Crippen molar-refractivity contribution in [2.45, 2.75) is 25.8 Å². The van der Waals surface area contributed by atoms with Crippen LogP contribution in [0.4, 0.5) is 0 Å². The van der Waals surface area contributed by atoms with Crippen LogP contribution in [0, 0.1) is 0 Å². The molecular weight excluding hydrogens is 284 g/mol. The van der Waals surface area contributed by atoms with Crippen LogP contribution in [-0.4, -0.2) is 18.1 Å². The van der Waals surface area contributed by atoms with E-state index in [9.17, 15) is 0 Å². The van der Waals surface area contributed by atoms with Gasteiger partial charge in [0.1, 0.15) is 5.75 Å². The Morgan fingerprint density at radius 2 is 2.33 bits per heavy atom. The van der Waals surface area contributed by atoms with E-state index < -0.39 is 0 Å². The number of nitrogens with zero attached hydrogens (tertiary/aromatic N) is 1.